The van der Waals surface area contributed by atoms with Crippen molar-refractivity contribution in [3.05, 3.63) is 30.3 Å². The van der Waals surface area contributed by atoms with Crippen LogP contribution in [0, 0.1) is 5.82 Å². The summed E-state index contributed by atoms with van der Waals surface area (Å²) in [4.78, 5) is 11.1. The van der Waals surface area contributed by atoms with Crippen LogP contribution in [0.3, 0.4) is 0 Å². The third-order valence-electron chi connectivity index (χ3n) is 5.20. The number of unbranched alkanes of at least 4 members (excludes halogenated alkanes) is 2. The summed E-state index contributed by atoms with van der Waals surface area (Å²) in [7, 11) is 0. The molecular weight excluding hydrogens is 357 g/mol. The predicted molar refractivity (Wildman–Crippen MR) is 108 cm³/mol. The van der Waals surface area contributed by atoms with E-state index in [-0.39, 0.29) is 11.6 Å². The van der Waals surface area contributed by atoms with Crippen molar-refractivity contribution < 1.29 is 9.13 Å². The first-order chi connectivity index (χ1) is 13.8. The summed E-state index contributed by atoms with van der Waals surface area (Å²) in [6.45, 7) is 4.66. The van der Waals surface area contributed by atoms with Gasteiger partial charge >= 0.3 is 0 Å². The summed E-state index contributed by atoms with van der Waals surface area (Å²) in [5, 5.41) is 8.10. The summed E-state index contributed by atoms with van der Waals surface area (Å²) in [6, 6.07) is 5.12. The molecule has 0 amide bonds. The second-order valence-corrected chi connectivity index (χ2v) is 7.27. The topological polar surface area (TPSA) is 66.9 Å². The number of rotatable bonds is 7. The highest BCUT2D eigenvalue weighted by atomic mass is 19.1. The molecule has 1 aliphatic rings. The van der Waals surface area contributed by atoms with Gasteiger partial charge in [-0.05, 0) is 31.7 Å². The number of hydrogen-bond acceptors (Lipinski definition) is 5. The lowest BCUT2D eigenvalue weighted by atomic mass is 10.1. The third kappa shape index (κ3) is 3.93. The largest absolute Gasteiger partial charge is 0.490 e. The van der Waals surface area contributed by atoms with Gasteiger partial charge in [0.1, 0.15) is 17.8 Å². The van der Waals surface area contributed by atoms with E-state index in [0.717, 1.165) is 49.2 Å². The number of piperidine rings is 1. The fourth-order valence-electron chi connectivity index (χ4n) is 3.63. The maximum atomic E-state index is 14.3. The Hall–Kier alpha value is -2.70. The van der Waals surface area contributed by atoms with Gasteiger partial charge in [0.05, 0.1) is 17.8 Å². The molecule has 1 fully saturated rings. The first kappa shape index (κ1) is 18.7. The normalized spacial score (nSPS) is 14.6. The molecule has 1 aliphatic heterocycles. The van der Waals surface area contributed by atoms with E-state index in [4.69, 9.17) is 4.74 Å². The number of H-pyrrole nitrogens is 1. The Balaban J connectivity index is 1.63. The van der Waals surface area contributed by atoms with Crippen LogP contribution in [-0.4, -0.2) is 39.9 Å². The van der Waals surface area contributed by atoms with Gasteiger partial charge in [0.15, 0.2) is 11.6 Å². The minimum atomic E-state index is -0.379. The summed E-state index contributed by atoms with van der Waals surface area (Å²) in [5.41, 5.74) is 2.05. The highest BCUT2D eigenvalue weighted by Gasteiger charge is 2.17. The number of aromatic amines is 1. The number of hydrogen-bond donors (Lipinski definition) is 1. The minimum absolute atomic E-state index is 0.261. The Labute approximate surface area is 164 Å². The number of anilines is 1. The number of benzene rings is 1. The quantitative estimate of drug-likeness (QED) is 0.598. The first-order valence-corrected chi connectivity index (χ1v) is 10.1. The van der Waals surface area contributed by atoms with Crippen molar-refractivity contribution in [1.82, 2.24) is 20.2 Å². The molecule has 6 nitrogen and oxygen atoms in total. The van der Waals surface area contributed by atoms with E-state index in [1.807, 2.05) is 6.07 Å². The molecule has 0 spiro atoms. The lowest BCUT2D eigenvalue weighted by Crippen LogP contribution is -2.30. The molecule has 3 heterocycles. The lowest BCUT2D eigenvalue weighted by Gasteiger charge is -2.27. The molecule has 7 heteroatoms. The third-order valence-corrected chi connectivity index (χ3v) is 5.20. The van der Waals surface area contributed by atoms with E-state index < -0.39 is 0 Å². The highest BCUT2D eigenvalue weighted by Crippen LogP contribution is 2.31. The summed E-state index contributed by atoms with van der Waals surface area (Å²) < 4.78 is 20.0. The van der Waals surface area contributed by atoms with E-state index in [0.29, 0.717) is 17.8 Å². The van der Waals surface area contributed by atoms with Crippen LogP contribution in [0.1, 0.15) is 45.4 Å². The average molecular weight is 383 g/mol. The molecule has 3 aromatic rings. The van der Waals surface area contributed by atoms with Gasteiger partial charge in [-0.2, -0.15) is 5.10 Å². The number of halogens is 1. The monoisotopic (exact) mass is 383 g/mol. The molecule has 4 rings (SSSR count). The Morgan fingerprint density at radius 3 is 2.79 bits per heavy atom. The molecule has 1 saturated heterocycles. The zero-order valence-corrected chi connectivity index (χ0v) is 16.2. The van der Waals surface area contributed by atoms with Gasteiger partial charge in [0.25, 0.3) is 0 Å². The predicted octanol–water partition coefficient (Wildman–Crippen LogP) is 4.72. The molecule has 28 heavy (non-hydrogen) atoms. The number of nitrogens with zero attached hydrogens (tertiary/aromatic N) is 4. The van der Waals surface area contributed by atoms with Crippen LogP contribution >= 0.6 is 0 Å². The van der Waals surface area contributed by atoms with Crippen molar-refractivity contribution in [1.29, 1.82) is 0 Å². The van der Waals surface area contributed by atoms with Gasteiger partial charge in [-0.1, -0.05) is 19.8 Å². The molecule has 0 aliphatic carbocycles. The van der Waals surface area contributed by atoms with E-state index >= 15 is 0 Å². The van der Waals surface area contributed by atoms with E-state index in [1.165, 1.54) is 25.3 Å². The van der Waals surface area contributed by atoms with Gasteiger partial charge in [-0.3, -0.25) is 5.10 Å². The van der Waals surface area contributed by atoms with Crippen LogP contribution in [0.15, 0.2) is 24.5 Å². The second-order valence-electron chi connectivity index (χ2n) is 7.27. The fraction of sp³-hybridized carbons (Fsp3) is 0.476. The molecule has 1 N–H and O–H groups in total. The van der Waals surface area contributed by atoms with Crippen molar-refractivity contribution in [3.8, 4) is 17.1 Å². The number of fused-ring (bicyclic) bond motifs is 1. The van der Waals surface area contributed by atoms with Crippen LogP contribution in [-0.2, 0) is 0 Å². The Morgan fingerprint density at radius 1 is 1.11 bits per heavy atom. The molecule has 0 atom stereocenters. The van der Waals surface area contributed by atoms with E-state index in [9.17, 15) is 4.39 Å². The highest BCUT2D eigenvalue weighted by molar-refractivity contribution is 5.93. The maximum Gasteiger partial charge on any atom is 0.167 e. The average Bonchev–Trinajstić information content (AvgIpc) is 3.14. The standard InChI is InChI=1S/C21H26FN5O/c1-2-3-7-10-28-19-11-15-17(12-16(19)22)25-26-21(15)18-13-20(24-14-23-18)27-8-5-4-6-9-27/h11-14H,2-10H2,1H3,(H,25,26). The molecule has 0 saturated carbocycles. The van der Waals surface area contributed by atoms with Crippen LogP contribution in [0.5, 0.6) is 5.75 Å². The van der Waals surface area contributed by atoms with Crippen molar-refractivity contribution in [2.75, 3.05) is 24.6 Å². The van der Waals surface area contributed by atoms with Crippen molar-refractivity contribution in [2.24, 2.45) is 0 Å². The second kappa shape index (κ2) is 8.54. The summed E-state index contributed by atoms with van der Waals surface area (Å²) >= 11 is 0. The fourth-order valence-corrected chi connectivity index (χ4v) is 3.63. The maximum absolute atomic E-state index is 14.3. The Morgan fingerprint density at radius 2 is 1.96 bits per heavy atom. The van der Waals surface area contributed by atoms with Gasteiger partial charge in [-0.25, -0.2) is 14.4 Å². The lowest BCUT2D eigenvalue weighted by molar-refractivity contribution is 0.292. The van der Waals surface area contributed by atoms with Crippen LogP contribution in [0.2, 0.25) is 0 Å². The minimum Gasteiger partial charge on any atom is -0.490 e. The molecule has 0 radical (unpaired) electrons. The van der Waals surface area contributed by atoms with Crippen LogP contribution < -0.4 is 9.64 Å². The van der Waals surface area contributed by atoms with Crippen molar-refractivity contribution in [3.63, 3.8) is 0 Å². The van der Waals surface area contributed by atoms with Crippen LogP contribution in [0.4, 0.5) is 10.2 Å². The molecule has 2 aromatic heterocycles. The Kier molecular flexibility index (Phi) is 5.69. The van der Waals surface area contributed by atoms with E-state index in [2.05, 4.69) is 32.0 Å². The summed E-state index contributed by atoms with van der Waals surface area (Å²) in [6.07, 6.45) is 8.30. The van der Waals surface area contributed by atoms with Gasteiger partial charge in [-0.15, -0.1) is 0 Å². The molecule has 148 valence electrons. The zero-order valence-electron chi connectivity index (χ0n) is 16.2. The first-order valence-electron chi connectivity index (χ1n) is 10.1. The molecule has 0 unspecified atom stereocenters. The van der Waals surface area contributed by atoms with Gasteiger partial charge < -0.3 is 9.64 Å². The smallest absolute Gasteiger partial charge is 0.167 e. The number of aromatic nitrogens is 4. The van der Waals surface area contributed by atoms with E-state index in [1.54, 1.807) is 12.4 Å². The van der Waals surface area contributed by atoms with Crippen molar-refractivity contribution >= 4 is 16.7 Å². The summed E-state index contributed by atoms with van der Waals surface area (Å²) in [5.74, 6) is 0.798. The van der Waals surface area contributed by atoms with Crippen molar-refractivity contribution in [2.45, 2.75) is 45.4 Å². The van der Waals surface area contributed by atoms with Gasteiger partial charge in [0, 0.05) is 30.6 Å². The molecular formula is C21H26FN5O. The number of ether oxygens (including phenoxy) is 1. The number of nitrogens with one attached hydrogen (secondary N) is 1. The molecule has 1 aromatic carbocycles. The molecule has 0 bridgehead atoms. The Bertz CT molecular complexity index is 936. The SMILES string of the molecule is CCCCCOc1cc2c(-c3cc(N4CCCCC4)ncn3)n[nH]c2cc1F. The van der Waals surface area contributed by atoms with Crippen LogP contribution in [0.25, 0.3) is 22.3 Å². The zero-order chi connectivity index (χ0) is 19.3. The van der Waals surface area contributed by atoms with Gasteiger partial charge in [0.2, 0.25) is 0 Å².